The monoisotopic (exact) mass is 337 g/mol. The summed E-state index contributed by atoms with van der Waals surface area (Å²) in [6, 6.07) is 1.57. The second kappa shape index (κ2) is 6.81. The van der Waals surface area contributed by atoms with Gasteiger partial charge in [-0.2, -0.15) is 0 Å². The van der Waals surface area contributed by atoms with Gasteiger partial charge >= 0.3 is 11.8 Å². The minimum absolute atomic E-state index is 0.0547. The van der Waals surface area contributed by atoms with Crippen molar-refractivity contribution >= 4 is 23.5 Å². The normalized spacial score (nSPS) is 19.1. The molecule has 2 rings (SSSR count). The average Bonchev–Trinajstić information content (AvgIpc) is 2.54. The van der Waals surface area contributed by atoms with Gasteiger partial charge in [0.2, 0.25) is 0 Å². The number of fused-ring (bicyclic) bond motifs is 1. The molecule has 3 unspecified atom stereocenters. The van der Waals surface area contributed by atoms with Crippen molar-refractivity contribution in [2.24, 2.45) is 0 Å². The summed E-state index contributed by atoms with van der Waals surface area (Å²) in [5.41, 5.74) is 0. The van der Waals surface area contributed by atoms with Gasteiger partial charge in [0.15, 0.2) is 11.9 Å². The van der Waals surface area contributed by atoms with Crippen molar-refractivity contribution in [1.29, 1.82) is 0 Å². The Bertz CT molecular complexity index is 677. The maximum absolute atomic E-state index is 12.5. The molecule has 1 aromatic heterocycles. The Balaban J connectivity index is 2.41. The number of anilines is 1. The van der Waals surface area contributed by atoms with Crippen molar-refractivity contribution in [2.75, 3.05) is 4.90 Å². The number of pyridine rings is 1. The molecule has 9 nitrogen and oxygen atoms in total. The molecule has 0 spiro atoms. The van der Waals surface area contributed by atoms with Crippen LogP contribution in [0.2, 0.25) is 0 Å². The van der Waals surface area contributed by atoms with E-state index in [4.69, 9.17) is 9.47 Å². The maximum atomic E-state index is 12.5. The van der Waals surface area contributed by atoms with E-state index in [2.05, 4.69) is 4.98 Å². The van der Waals surface area contributed by atoms with Gasteiger partial charge in [-0.25, -0.2) is 4.79 Å². The van der Waals surface area contributed by atoms with Gasteiger partial charge in [-0.15, -0.1) is 0 Å². The quantitative estimate of drug-likeness (QED) is 0.457. The van der Waals surface area contributed by atoms with E-state index in [0.29, 0.717) is 6.42 Å². The Kier molecular flexibility index (Phi) is 5.01. The van der Waals surface area contributed by atoms with Crippen LogP contribution >= 0.6 is 0 Å². The molecule has 3 atom stereocenters. The van der Waals surface area contributed by atoms with Gasteiger partial charge in [-0.3, -0.25) is 9.69 Å². The molecule has 0 aromatic carbocycles. The van der Waals surface area contributed by atoms with Crippen LogP contribution in [0.1, 0.15) is 34.1 Å². The van der Waals surface area contributed by atoms with Crippen LogP contribution in [0.5, 0.6) is 5.75 Å². The number of carbonyl (C=O) groups excluding carboxylic acids is 2. The molecule has 24 heavy (non-hydrogen) atoms. The van der Waals surface area contributed by atoms with Crippen molar-refractivity contribution in [3.8, 4) is 5.75 Å². The first-order valence-electron chi connectivity index (χ1n) is 7.61. The van der Waals surface area contributed by atoms with Crippen molar-refractivity contribution in [1.82, 2.24) is 4.98 Å². The van der Waals surface area contributed by atoms with E-state index in [-0.39, 0.29) is 17.7 Å². The van der Waals surface area contributed by atoms with Crippen molar-refractivity contribution in [3.05, 3.63) is 22.2 Å². The molecule has 1 amide bonds. The lowest BCUT2D eigenvalue weighted by Crippen LogP contribution is -2.52. The summed E-state index contributed by atoms with van der Waals surface area (Å²) in [6.07, 6.45) is -0.502. The third-order valence-electron chi connectivity index (χ3n) is 3.75. The molecule has 0 bridgehead atoms. The molecular formula is C15H19N3O6. The minimum atomic E-state index is -0.980. The van der Waals surface area contributed by atoms with E-state index in [1.807, 2.05) is 6.92 Å². The highest BCUT2D eigenvalue weighted by atomic mass is 16.6. The molecule has 0 saturated carbocycles. The van der Waals surface area contributed by atoms with Gasteiger partial charge in [-0.1, -0.05) is 6.92 Å². The van der Waals surface area contributed by atoms with Gasteiger partial charge in [0.25, 0.3) is 11.7 Å². The van der Waals surface area contributed by atoms with E-state index in [1.165, 1.54) is 26.0 Å². The number of hydrogen-bond donors (Lipinski definition) is 0. The van der Waals surface area contributed by atoms with Crippen molar-refractivity contribution in [2.45, 2.75) is 52.4 Å². The Morgan fingerprint density at radius 1 is 1.50 bits per heavy atom. The first kappa shape index (κ1) is 17.6. The van der Waals surface area contributed by atoms with Gasteiger partial charge in [0.05, 0.1) is 6.10 Å². The molecular weight excluding hydrogens is 318 g/mol. The lowest BCUT2D eigenvalue weighted by Gasteiger charge is -2.32. The van der Waals surface area contributed by atoms with Crippen molar-refractivity contribution in [3.63, 3.8) is 0 Å². The van der Waals surface area contributed by atoms with Crippen molar-refractivity contribution < 1.29 is 24.0 Å². The molecule has 0 aliphatic carbocycles. The maximum Gasteiger partial charge on any atom is 0.366 e. The van der Waals surface area contributed by atoms with E-state index >= 15 is 0 Å². The fourth-order valence-electron chi connectivity index (χ4n) is 2.19. The standard InChI is InChI=1S/C15H19N3O6/c1-5-8(2)23-15(20)9(3)17-13-11(24-10(4)14(17)19)6-7-12(16-13)18(21)22/h6-10H,5H2,1-4H3. The third-order valence-corrected chi connectivity index (χ3v) is 3.75. The number of ether oxygens (including phenoxy) is 2. The summed E-state index contributed by atoms with van der Waals surface area (Å²) in [5.74, 6) is -1.40. The number of esters is 1. The van der Waals surface area contributed by atoms with E-state index in [0.717, 1.165) is 4.90 Å². The van der Waals surface area contributed by atoms with Crippen LogP contribution in [0.15, 0.2) is 12.1 Å². The SMILES string of the molecule is CCC(C)OC(=O)C(C)N1C(=O)C(C)Oc2ccc([N+](=O)[O-])nc21. The number of amides is 1. The highest BCUT2D eigenvalue weighted by Gasteiger charge is 2.42. The molecule has 1 aliphatic rings. The number of aromatic nitrogens is 1. The molecule has 0 fully saturated rings. The molecule has 9 heteroatoms. The Morgan fingerprint density at radius 3 is 2.75 bits per heavy atom. The third kappa shape index (κ3) is 3.29. The highest BCUT2D eigenvalue weighted by molar-refractivity contribution is 6.03. The van der Waals surface area contributed by atoms with E-state index < -0.39 is 34.8 Å². The van der Waals surface area contributed by atoms with E-state index in [1.54, 1.807) is 6.92 Å². The second-order valence-electron chi connectivity index (χ2n) is 5.55. The second-order valence-corrected chi connectivity index (χ2v) is 5.55. The van der Waals surface area contributed by atoms with Gasteiger partial charge < -0.3 is 19.6 Å². The molecule has 1 aromatic rings. The van der Waals surface area contributed by atoms with Crippen LogP contribution in [0.4, 0.5) is 11.6 Å². The minimum Gasteiger partial charge on any atom is -0.475 e. The number of nitro groups is 1. The Labute approximate surface area is 138 Å². The van der Waals surface area contributed by atoms with Gasteiger partial charge in [-0.05, 0) is 43.2 Å². The van der Waals surface area contributed by atoms with Crippen LogP contribution in [0.3, 0.4) is 0 Å². The van der Waals surface area contributed by atoms with E-state index in [9.17, 15) is 19.7 Å². The molecule has 2 heterocycles. The number of carbonyl (C=O) groups is 2. The zero-order valence-electron chi connectivity index (χ0n) is 13.9. The number of nitrogens with zero attached hydrogens (tertiary/aromatic N) is 3. The summed E-state index contributed by atoms with van der Waals surface area (Å²) in [4.78, 5) is 39.9. The Morgan fingerprint density at radius 2 is 2.17 bits per heavy atom. The topological polar surface area (TPSA) is 112 Å². The zero-order valence-corrected chi connectivity index (χ0v) is 13.9. The largest absolute Gasteiger partial charge is 0.475 e. The highest BCUT2D eigenvalue weighted by Crippen LogP contribution is 2.35. The van der Waals surface area contributed by atoms with Crippen LogP contribution in [0, 0.1) is 10.1 Å². The number of hydrogen-bond acceptors (Lipinski definition) is 7. The van der Waals surface area contributed by atoms with Gasteiger partial charge in [0, 0.05) is 6.07 Å². The van der Waals surface area contributed by atoms with Crippen LogP contribution in [-0.2, 0) is 14.3 Å². The molecule has 0 saturated heterocycles. The first-order valence-corrected chi connectivity index (χ1v) is 7.61. The fraction of sp³-hybridized carbons (Fsp3) is 0.533. The number of rotatable bonds is 5. The predicted molar refractivity (Wildman–Crippen MR) is 83.8 cm³/mol. The first-order chi connectivity index (χ1) is 11.3. The summed E-state index contributed by atoms with van der Waals surface area (Å²) in [6.45, 7) is 6.63. The predicted octanol–water partition coefficient (Wildman–Crippen LogP) is 1.83. The molecule has 0 radical (unpaired) electrons. The Hall–Kier alpha value is -2.71. The molecule has 0 N–H and O–H groups in total. The molecule has 1 aliphatic heterocycles. The molecule has 130 valence electrons. The summed E-state index contributed by atoms with van der Waals surface area (Å²) >= 11 is 0. The summed E-state index contributed by atoms with van der Waals surface area (Å²) < 4.78 is 10.7. The van der Waals surface area contributed by atoms with Crippen LogP contribution < -0.4 is 9.64 Å². The smallest absolute Gasteiger partial charge is 0.366 e. The summed E-state index contributed by atoms with van der Waals surface area (Å²) in [7, 11) is 0. The summed E-state index contributed by atoms with van der Waals surface area (Å²) in [5, 5.41) is 10.9. The van der Waals surface area contributed by atoms with Gasteiger partial charge in [0.1, 0.15) is 6.04 Å². The lowest BCUT2D eigenvalue weighted by atomic mass is 10.2. The zero-order chi connectivity index (χ0) is 18.0. The van der Waals surface area contributed by atoms with Crippen LogP contribution in [0.25, 0.3) is 0 Å². The van der Waals surface area contributed by atoms with Crippen LogP contribution in [-0.4, -0.2) is 40.0 Å². The fourth-order valence-corrected chi connectivity index (χ4v) is 2.19. The lowest BCUT2D eigenvalue weighted by molar-refractivity contribution is -0.389. The average molecular weight is 337 g/mol.